The Kier molecular flexibility index (Phi) is 5.09. The van der Waals surface area contributed by atoms with E-state index in [9.17, 15) is 19.4 Å². The number of anilines is 1. The number of amides is 1. The van der Waals surface area contributed by atoms with Gasteiger partial charge in [-0.1, -0.05) is 0 Å². The van der Waals surface area contributed by atoms with Crippen molar-refractivity contribution in [1.29, 1.82) is 0 Å². The van der Waals surface area contributed by atoms with Crippen molar-refractivity contribution in [2.45, 2.75) is 30.9 Å². The van der Waals surface area contributed by atoms with Crippen LogP contribution in [0.5, 0.6) is 0 Å². The number of hydrogen-bond acceptors (Lipinski definition) is 8. The summed E-state index contributed by atoms with van der Waals surface area (Å²) < 4.78 is 20.3. The molecular formula is C18H19FN6O4. The lowest BCUT2D eigenvalue weighted by atomic mass is 9.97. The highest BCUT2D eigenvalue weighted by atomic mass is 19.1. The van der Waals surface area contributed by atoms with E-state index in [2.05, 4.69) is 20.3 Å². The summed E-state index contributed by atoms with van der Waals surface area (Å²) in [6.45, 7) is 0.156. The van der Waals surface area contributed by atoms with Crippen molar-refractivity contribution in [3.05, 3.63) is 48.3 Å². The number of carbonyl (C=O) groups excluding carboxylic acids is 1. The first-order valence-electron chi connectivity index (χ1n) is 8.89. The van der Waals surface area contributed by atoms with Crippen molar-refractivity contribution in [3.8, 4) is 0 Å². The summed E-state index contributed by atoms with van der Waals surface area (Å²) >= 11 is 0. The number of aliphatic hydroxyl groups is 2. The molecule has 1 fully saturated rings. The number of hydrogen-bond donors (Lipinski definition) is 4. The van der Waals surface area contributed by atoms with Crippen LogP contribution in [0.15, 0.2) is 36.9 Å². The van der Waals surface area contributed by atoms with Gasteiger partial charge in [-0.2, -0.15) is 0 Å². The number of aromatic nitrogens is 4. The molecule has 2 aromatic heterocycles. The number of nitrogen functional groups attached to an aromatic ring is 1. The van der Waals surface area contributed by atoms with Gasteiger partial charge >= 0.3 is 0 Å². The average molecular weight is 402 g/mol. The van der Waals surface area contributed by atoms with Crippen molar-refractivity contribution < 1.29 is 24.1 Å². The van der Waals surface area contributed by atoms with Crippen LogP contribution < -0.4 is 11.1 Å². The van der Waals surface area contributed by atoms with Gasteiger partial charge in [-0.25, -0.2) is 19.3 Å². The molecule has 0 spiro atoms. The Bertz CT molecular complexity index is 1030. The summed E-state index contributed by atoms with van der Waals surface area (Å²) in [5, 5.41) is 23.5. The summed E-state index contributed by atoms with van der Waals surface area (Å²) in [5.41, 5.74) is 6.91. The normalized spacial score (nSPS) is 24.5. The first-order valence-corrected chi connectivity index (χ1v) is 8.89. The van der Waals surface area contributed by atoms with E-state index >= 15 is 0 Å². The molecule has 0 radical (unpaired) electrons. The van der Waals surface area contributed by atoms with Crippen LogP contribution in [-0.2, 0) is 11.3 Å². The molecule has 29 heavy (non-hydrogen) atoms. The number of benzene rings is 1. The minimum atomic E-state index is -1.26. The molecule has 5 N–H and O–H groups in total. The molecule has 3 aromatic rings. The lowest BCUT2D eigenvalue weighted by Crippen LogP contribution is -2.59. The van der Waals surface area contributed by atoms with Crippen molar-refractivity contribution in [2.75, 3.05) is 12.3 Å². The van der Waals surface area contributed by atoms with Gasteiger partial charge in [-0.15, -0.1) is 0 Å². The third kappa shape index (κ3) is 3.75. The molecule has 1 aromatic carbocycles. The Morgan fingerprint density at radius 1 is 1.24 bits per heavy atom. The zero-order chi connectivity index (χ0) is 20.5. The molecule has 0 saturated carbocycles. The van der Waals surface area contributed by atoms with Crippen LogP contribution in [0.3, 0.4) is 0 Å². The van der Waals surface area contributed by atoms with Gasteiger partial charge in [0, 0.05) is 5.56 Å². The van der Waals surface area contributed by atoms with E-state index in [1.165, 1.54) is 36.9 Å². The maximum absolute atomic E-state index is 13.0. The molecule has 1 aliphatic rings. The lowest BCUT2D eigenvalue weighted by Gasteiger charge is -2.38. The quantitative estimate of drug-likeness (QED) is 0.455. The highest BCUT2D eigenvalue weighted by Gasteiger charge is 2.39. The number of nitrogens with one attached hydrogen (secondary N) is 1. The topological polar surface area (TPSA) is 148 Å². The standard InChI is InChI=1S/C18H19FN6O4/c19-10-3-1-9(2-4-10)18(28)24-11-6-29-12(15(27)14(11)26)5-25-8-23-13-16(20)21-7-22-17(13)25/h1-4,7-8,11-12,14-15,26-27H,5-6H2,(H,24,28)(H2,20,21,22)/t11-,12-,14+,15-/m1/s1. The average Bonchev–Trinajstić information content (AvgIpc) is 3.12. The summed E-state index contributed by atoms with van der Waals surface area (Å²) in [5.74, 6) is -0.724. The zero-order valence-corrected chi connectivity index (χ0v) is 15.1. The molecule has 3 heterocycles. The molecule has 152 valence electrons. The predicted octanol–water partition coefficient (Wildman–Crippen LogP) is -0.533. The highest BCUT2D eigenvalue weighted by Crippen LogP contribution is 2.21. The fourth-order valence-corrected chi connectivity index (χ4v) is 3.25. The van der Waals surface area contributed by atoms with E-state index in [-0.39, 0.29) is 24.5 Å². The third-order valence-corrected chi connectivity index (χ3v) is 4.86. The zero-order valence-electron chi connectivity index (χ0n) is 15.1. The Labute approximate surface area is 164 Å². The maximum atomic E-state index is 13.0. The smallest absolute Gasteiger partial charge is 0.251 e. The third-order valence-electron chi connectivity index (χ3n) is 4.86. The fourth-order valence-electron chi connectivity index (χ4n) is 3.25. The molecule has 4 rings (SSSR count). The molecule has 10 nitrogen and oxygen atoms in total. The number of carbonyl (C=O) groups is 1. The first-order chi connectivity index (χ1) is 13.9. The van der Waals surface area contributed by atoms with Crippen LogP contribution in [0, 0.1) is 5.82 Å². The SMILES string of the molecule is Nc1ncnc2c1ncn2C[C@H]1OC[C@@H](NC(=O)c2ccc(F)cc2)[C@H](O)[C@@H]1O. The second kappa shape index (κ2) is 7.70. The molecule has 1 aliphatic heterocycles. The Balaban J connectivity index is 1.42. The highest BCUT2D eigenvalue weighted by molar-refractivity contribution is 5.94. The number of nitrogens with zero attached hydrogens (tertiary/aromatic N) is 4. The van der Waals surface area contributed by atoms with Crippen LogP contribution >= 0.6 is 0 Å². The minimum absolute atomic E-state index is 0.0143. The minimum Gasteiger partial charge on any atom is -0.388 e. The van der Waals surface area contributed by atoms with Crippen molar-refractivity contribution in [3.63, 3.8) is 0 Å². The number of rotatable bonds is 4. The van der Waals surface area contributed by atoms with Gasteiger partial charge in [-0.05, 0) is 24.3 Å². The van der Waals surface area contributed by atoms with E-state index in [0.717, 1.165) is 0 Å². The van der Waals surface area contributed by atoms with Crippen LogP contribution in [0.1, 0.15) is 10.4 Å². The van der Waals surface area contributed by atoms with Crippen molar-refractivity contribution in [1.82, 2.24) is 24.8 Å². The maximum Gasteiger partial charge on any atom is 0.251 e. The molecule has 1 saturated heterocycles. The molecular weight excluding hydrogens is 383 g/mol. The number of nitrogens with two attached hydrogens (primary N) is 1. The van der Waals surface area contributed by atoms with Gasteiger partial charge in [0.25, 0.3) is 5.91 Å². The van der Waals surface area contributed by atoms with E-state index < -0.39 is 36.1 Å². The van der Waals surface area contributed by atoms with Gasteiger partial charge in [0.15, 0.2) is 11.5 Å². The number of halogens is 1. The van der Waals surface area contributed by atoms with E-state index in [1.54, 1.807) is 4.57 Å². The fraction of sp³-hybridized carbons (Fsp3) is 0.333. The van der Waals surface area contributed by atoms with Crippen LogP contribution in [0.2, 0.25) is 0 Å². The molecule has 4 atom stereocenters. The first kappa shape index (κ1) is 19.2. The lowest BCUT2D eigenvalue weighted by molar-refractivity contribution is -0.152. The van der Waals surface area contributed by atoms with Gasteiger partial charge < -0.3 is 30.6 Å². The summed E-state index contributed by atoms with van der Waals surface area (Å²) in [4.78, 5) is 24.4. The molecule has 0 unspecified atom stereocenters. The Morgan fingerprint density at radius 3 is 2.76 bits per heavy atom. The van der Waals surface area contributed by atoms with E-state index in [4.69, 9.17) is 10.5 Å². The van der Waals surface area contributed by atoms with Gasteiger partial charge in [-0.3, -0.25) is 4.79 Å². The van der Waals surface area contributed by atoms with Crippen molar-refractivity contribution in [2.24, 2.45) is 0 Å². The monoisotopic (exact) mass is 402 g/mol. The van der Waals surface area contributed by atoms with Crippen LogP contribution in [0.4, 0.5) is 10.2 Å². The molecule has 0 bridgehead atoms. The molecule has 11 heteroatoms. The summed E-state index contributed by atoms with van der Waals surface area (Å²) in [7, 11) is 0. The largest absolute Gasteiger partial charge is 0.388 e. The molecule has 1 amide bonds. The summed E-state index contributed by atoms with van der Waals surface area (Å²) in [6.07, 6.45) is -0.464. The number of fused-ring (bicyclic) bond motifs is 1. The second-order valence-electron chi connectivity index (χ2n) is 6.77. The van der Waals surface area contributed by atoms with E-state index in [0.29, 0.717) is 11.2 Å². The number of imidazole rings is 1. The number of aliphatic hydroxyl groups excluding tert-OH is 2. The van der Waals surface area contributed by atoms with Gasteiger partial charge in [0.2, 0.25) is 0 Å². The van der Waals surface area contributed by atoms with Gasteiger partial charge in [0.1, 0.15) is 36.0 Å². The van der Waals surface area contributed by atoms with E-state index in [1.807, 2.05) is 0 Å². The second-order valence-corrected chi connectivity index (χ2v) is 6.77. The number of ether oxygens (including phenoxy) is 1. The predicted molar refractivity (Wildman–Crippen MR) is 99.1 cm³/mol. The Hall–Kier alpha value is -3.15. The molecule has 0 aliphatic carbocycles. The van der Waals surface area contributed by atoms with Crippen LogP contribution in [0.25, 0.3) is 11.2 Å². The van der Waals surface area contributed by atoms with Gasteiger partial charge in [0.05, 0.1) is 25.5 Å². The van der Waals surface area contributed by atoms with Crippen LogP contribution in [-0.4, -0.2) is 66.6 Å². The summed E-state index contributed by atoms with van der Waals surface area (Å²) in [6, 6.07) is 4.17. The Morgan fingerprint density at radius 2 is 2.00 bits per heavy atom. The van der Waals surface area contributed by atoms with Crippen molar-refractivity contribution >= 4 is 22.9 Å².